The number of carbonyl (C=O) groups is 1. The highest BCUT2D eigenvalue weighted by Crippen LogP contribution is 2.32. The topological polar surface area (TPSA) is 183 Å². The van der Waals surface area contributed by atoms with Crippen LogP contribution in [0.4, 0.5) is 5.82 Å². The Labute approximate surface area is 157 Å². The molecule has 2 aromatic rings. The van der Waals surface area contributed by atoms with E-state index in [1.165, 1.54) is 17.2 Å². The smallest absolute Gasteiger partial charge is 0.320 e. The number of nitrogen functional groups attached to an aromatic ring is 1. The third-order valence-corrected chi connectivity index (χ3v) is 6.37. The number of aliphatic hydroxyl groups is 2. The number of rotatable bonds is 7. The first-order chi connectivity index (χ1) is 12.8. The summed E-state index contributed by atoms with van der Waals surface area (Å²) in [5, 5.41) is 29.7. The van der Waals surface area contributed by atoms with Crippen molar-refractivity contribution < 1.29 is 24.9 Å². The summed E-state index contributed by atoms with van der Waals surface area (Å²) in [6, 6.07) is -0.907. The lowest BCUT2D eigenvalue weighted by Gasteiger charge is -2.16. The molecule has 2 aromatic heterocycles. The van der Waals surface area contributed by atoms with Gasteiger partial charge in [-0.15, -0.1) is 0 Å². The predicted octanol–water partition coefficient (Wildman–Crippen LogP) is -1.92. The SMILES string of the molecule is C[S+](CCC(N)C(=O)O)C[C@H]1O[C@H](n2cnc3c(N)ncnc32)[C@H](O)[C@@H]1O. The minimum Gasteiger partial charge on any atom is -0.480 e. The molecule has 0 saturated carbocycles. The van der Waals surface area contributed by atoms with Gasteiger partial charge in [0.2, 0.25) is 0 Å². The van der Waals surface area contributed by atoms with Gasteiger partial charge in [0.25, 0.3) is 0 Å². The lowest BCUT2D eigenvalue weighted by molar-refractivity contribution is -0.138. The molecule has 6 atom stereocenters. The molecule has 148 valence electrons. The van der Waals surface area contributed by atoms with Gasteiger partial charge in [0.1, 0.15) is 47.7 Å². The number of hydrogen-bond donors (Lipinski definition) is 5. The average molecular weight is 399 g/mol. The maximum atomic E-state index is 10.8. The van der Waals surface area contributed by atoms with Gasteiger partial charge >= 0.3 is 5.97 Å². The number of aliphatic hydroxyl groups excluding tert-OH is 2. The molecule has 27 heavy (non-hydrogen) atoms. The molecule has 1 fully saturated rings. The first-order valence-electron chi connectivity index (χ1n) is 8.31. The molecule has 3 heterocycles. The van der Waals surface area contributed by atoms with Gasteiger partial charge < -0.3 is 31.5 Å². The summed E-state index contributed by atoms with van der Waals surface area (Å²) in [5.74, 6) is 0.254. The van der Waals surface area contributed by atoms with Crippen LogP contribution in [0.3, 0.4) is 0 Å². The van der Waals surface area contributed by atoms with Crippen LogP contribution in [0.1, 0.15) is 12.6 Å². The summed E-state index contributed by atoms with van der Waals surface area (Å²) < 4.78 is 7.41. The first kappa shape index (κ1) is 19.8. The predicted molar refractivity (Wildman–Crippen MR) is 98.9 cm³/mol. The van der Waals surface area contributed by atoms with Crippen LogP contribution >= 0.6 is 0 Å². The van der Waals surface area contributed by atoms with Crippen LogP contribution < -0.4 is 11.5 Å². The lowest BCUT2D eigenvalue weighted by atomic mass is 10.1. The number of hydrogen-bond acceptors (Lipinski definition) is 9. The maximum absolute atomic E-state index is 10.8. The van der Waals surface area contributed by atoms with Crippen molar-refractivity contribution in [3.8, 4) is 0 Å². The van der Waals surface area contributed by atoms with Crippen LogP contribution in [0, 0.1) is 0 Å². The zero-order chi connectivity index (χ0) is 19.7. The lowest BCUT2D eigenvalue weighted by Crippen LogP contribution is -2.37. The maximum Gasteiger partial charge on any atom is 0.320 e. The van der Waals surface area contributed by atoms with Crippen LogP contribution in [0.25, 0.3) is 11.2 Å². The number of aliphatic carboxylic acids is 1. The molecule has 12 heteroatoms. The molecule has 0 spiro atoms. The Kier molecular flexibility index (Phi) is 5.81. The van der Waals surface area contributed by atoms with Gasteiger partial charge in [0.05, 0.1) is 12.6 Å². The molecule has 7 N–H and O–H groups in total. The van der Waals surface area contributed by atoms with E-state index in [2.05, 4.69) is 15.0 Å². The Morgan fingerprint density at radius 3 is 2.81 bits per heavy atom. The van der Waals surface area contributed by atoms with Gasteiger partial charge in [-0.05, 0) is 10.9 Å². The minimum absolute atomic E-state index is 0.216. The number of ether oxygens (including phenoxy) is 1. The van der Waals surface area contributed by atoms with Crippen molar-refractivity contribution >= 4 is 33.8 Å². The Morgan fingerprint density at radius 2 is 2.11 bits per heavy atom. The molecule has 0 aliphatic carbocycles. The number of fused-ring (bicyclic) bond motifs is 1. The zero-order valence-corrected chi connectivity index (χ0v) is 15.5. The fourth-order valence-corrected chi connectivity index (χ4v) is 4.63. The van der Waals surface area contributed by atoms with Gasteiger partial charge in [-0.25, -0.2) is 15.0 Å². The number of aromatic nitrogens is 4. The van der Waals surface area contributed by atoms with Gasteiger partial charge in [0, 0.05) is 6.42 Å². The highest BCUT2D eigenvalue weighted by atomic mass is 32.2. The molecular weight excluding hydrogens is 376 g/mol. The van der Waals surface area contributed by atoms with E-state index in [4.69, 9.17) is 21.3 Å². The second kappa shape index (κ2) is 7.94. The van der Waals surface area contributed by atoms with Gasteiger partial charge in [-0.1, -0.05) is 0 Å². The number of anilines is 1. The number of carboxylic acid groups (broad SMARTS) is 1. The van der Waals surface area contributed by atoms with E-state index in [1.807, 2.05) is 6.26 Å². The van der Waals surface area contributed by atoms with E-state index in [0.717, 1.165) is 0 Å². The van der Waals surface area contributed by atoms with Crippen molar-refractivity contribution in [2.24, 2.45) is 5.73 Å². The van der Waals surface area contributed by atoms with E-state index >= 15 is 0 Å². The Hall–Kier alpha value is -1.99. The fourth-order valence-electron chi connectivity index (χ4n) is 2.97. The first-order valence-corrected chi connectivity index (χ1v) is 10.3. The summed E-state index contributed by atoms with van der Waals surface area (Å²) >= 11 is 0. The molecule has 1 saturated heterocycles. The molecule has 2 unspecified atom stereocenters. The average Bonchev–Trinajstić information content (AvgIpc) is 3.17. The molecule has 0 amide bonds. The second-order valence-electron chi connectivity index (χ2n) is 6.51. The molecule has 3 rings (SSSR count). The van der Waals surface area contributed by atoms with E-state index in [1.54, 1.807) is 0 Å². The standard InChI is InChI=1S/C15H22N6O5S/c1-27(3-2-7(16)15(24)25)4-8-10(22)11(23)14(26-8)21-6-20-9-12(17)18-5-19-13(9)21/h5-8,10-11,14,22-23H,2-4,16H2,1H3,(H2-,17,18,19,24,25)/p+1/t7?,8-,10-,11-,14+,27?/m1/s1. The Balaban J connectivity index is 1.68. The van der Waals surface area contributed by atoms with E-state index in [-0.39, 0.29) is 16.7 Å². The zero-order valence-electron chi connectivity index (χ0n) is 14.7. The molecule has 0 bridgehead atoms. The van der Waals surface area contributed by atoms with Crippen molar-refractivity contribution in [2.45, 2.75) is 37.0 Å². The number of nitrogens with zero attached hydrogens (tertiary/aromatic N) is 4. The van der Waals surface area contributed by atoms with Crippen molar-refractivity contribution in [2.75, 3.05) is 23.5 Å². The quantitative estimate of drug-likeness (QED) is 0.329. The van der Waals surface area contributed by atoms with Gasteiger partial charge in [-0.3, -0.25) is 9.36 Å². The normalized spacial score (nSPS) is 27.7. The Morgan fingerprint density at radius 1 is 1.37 bits per heavy atom. The third-order valence-electron chi connectivity index (χ3n) is 4.54. The molecule has 0 aromatic carbocycles. The van der Waals surface area contributed by atoms with Crippen molar-refractivity contribution in [3.05, 3.63) is 12.7 Å². The van der Waals surface area contributed by atoms with Crippen LogP contribution in [0.15, 0.2) is 12.7 Å². The summed E-state index contributed by atoms with van der Waals surface area (Å²) in [5.41, 5.74) is 12.1. The van der Waals surface area contributed by atoms with Gasteiger partial charge in [-0.2, -0.15) is 0 Å². The summed E-state index contributed by atoms with van der Waals surface area (Å²) in [7, 11) is -0.235. The number of imidazole rings is 1. The minimum atomic E-state index is -1.16. The summed E-state index contributed by atoms with van der Waals surface area (Å²) in [6.45, 7) is 0. The van der Waals surface area contributed by atoms with Crippen LogP contribution in [-0.2, 0) is 20.4 Å². The van der Waals surface area contributed by atoms with Crippen LogP contribution in [0.2, 0.25) is 0 Å². The highest BCUT2D eigenvalue weighted by molar-refractivity contribution is 7.96. The van der Waals surface area contributed by atoms with Crippen molar-refractivity contribution in [1.29, 1.82) is 0 Å². The van der Waals surface area contributed by atoms with Crippen molar-refractivity contribution in [1.82, 2.24) is 19.5 Å². The second-order valence-corrected chi connectivity index (χ2v) is 8.82. The molecule has 0 radical (unpaired) electrons. The molecule has 1 aliphatic rings. The summed E-state index contributed by atoms with van der Waals surface area (Å²) in [6.07, 6.45) is 1.31. The third kappa shape index (κ3) is 3.99. The number of nitrogens with two attached hydrogens (primary N) is 2. The number of carboxylic acids is 1. The Bertz CT molecular complexity index is 819. The fraction of sp³-hybridized carbons (Fsp3) is 0.600. The highest BCUT2D eigenvalue weighted by Gasteiger charge is 2.46. The summed E-state index contributed by atoms with van der Waals surface area (Å²) in [4.78, 5) is 23.0. The molecule has 11 nitrogen and oxygen atoms in total. The van der Waals surface area contributed by atoms with E-state index in [0.29, 0.717) is 29.1 Å². The van der Waals surface area contributed by atoms with Crippen LogP contribution in [0.5, 0.6) is 0 Å². The molecular formula is C15H23N6O5S+. The van der Waals surface area contributed by atoms with E-state index < -0.39 is 36.6 Å². The molecule has 1 aliphatic heterocycles. The largest absolute Gasteiger partial charge is 0.480 e. The monoisotopic (exact) mass is 399 g/mol. The van der Waals surface area contributed by atoms with Crippen molar-refractivity contribution in [3.63, 3.8) is 0 Å². The van der Waals surface area contributed by atoms with Crippen LogP contribution in [-0.4, -0.2) is 82.9 Å². The van der Waals surface area contributed by atoms with Gasteiger partial charge in [0.15, 0.2) is 17.7 Å². The van der Waals surface area contributed by atoms with E-state index in [9.17, 15) is 15.0 Å².